The van der Waals surface area contributed by atoms with Crippen molar-refractivity contribution >= 4 is 30.5 Å². The summed E-state index contributed by atoms with van der Waals surface area (Å²) in [7, 11) is 0. The highest BCUT2D eigenvalue weighted by Gasteiger charge is 2.42. The Hall–Kier alpha value is -1.62. The van der Waals surface area contributed by atoms with Gasteiger partial charge in [0, 0.05) is 19.3 Å². The van der Waals surface area contributed by atoms with E-state index in [-0.39, 0.29) is 37.2 Å². The molecule has 0 aromatic rings. The standard InChI is InChI=1S/C16H25BO9/c18-5-1-6-22-8-10-24-12-13-25-11-9-23-7-4-16(21)26-17-14(19)2-3-15(17)20/h5H,1-4,6-13H2. The fourth-order valence-electron chi connectivity index (χ4n) is 2.06. The molecule has 0 N–H and O–H groups in total. The molecule has 0 unspecified atom stereocenters. The van der Waals surface area contributed by atoms with Gasteiger partial charge >= 0.3 is 6.92 Å². The number of carbonyl (C=O) groups is 4. The van der Waals surface area contributed by atoms with Crippen molar-refractivity contribution in [1.29, 1.82) is 0 Å². The van der Waals surface area contributed by atoms with Gasteiger partial charge < -0.3 is 38.0 Å². The molecule has 0 spiro atoms. The first-order valence-electron chi connectivity index (χ1n) is 8.64. The summed E-state index contributed by atoms with van der Waals surface area (Å²) in [5.74, 6) is -0.622. The third kappa shape index (κ3) is 10.4. The van der Waals surface area contributed by atoms with E-state index in [1.165, 1.54) is 0 Å². The molecule has 26 heavy (non-hydrogen) atoms. The van der Waals surface area contributed by atoms with Crippen molar-refractivity contribution in [2.45, 2.75) is 25.7 Å². The van der Waals surface area contributed by atoms with E-state index in [4.69, 9.17) is 23.6 Å². The van der Waals surface area contributed by atoms with Crippen LogP contribution >= 0.6 is 0 Å². The molecule has 0 aromatic carbocycles. The molecular weight excluding hydrogens is 347 g/mol. The summed E-state index contributed by atoms with van der Waals surface area (Å²) in [5, 5.41) is 0. The van der Waals surface area contributed by atoms with Crippen molar-refractivity contribution < 1.29 is 42.8 Å². The predicted molar refractivity (Wildman–Crippen MR) is 89.7 cm³/mol. The van der Waals surface area contributed by atoms with E-state index >= 15 is 0 Å². The van der Waals surface area contributed by atoms with Crippen molar-refractivity contribution in [1.82, 2.24) is 0 Å². The van der Waals surface area contributed by atoms with Crippen molar-refractivity contribution in [3.63, 3.8) is 0 Å². The quantitative estimate of drug-likeness (QED) is 0.202. The number of carbonyl (C=O) groups excluding carboxylic acids is 4. The zero-order valence-corrected chi connectivity index (χ0v) is 14.8. The summed E-state index contributed by atoms with van der Waals surface area (Å²) in [6.07, 6.45) is 1.45. The van der Waals surface area contributed by atoms with Gasteiger partial charge in [-0.3, -0.25) is 4.79 Å². The lowest BCUT2D eigenvalue weighted by molar-refractivity contribution is -0.138. The van der Waals surface area contributed by atoms with Crippen molar-refractivity contribution in [2.24, 2.45) is 0 Å². The van der Waals surface area contributed by atoms with E-state index in [9.17, 15) is 19.2 Å². The van der Waals surface area contributed by atoms with E-state index in [2.05, 4.69) is 0 Å². The molecule has 1 saturated heterocycles. The topological polar surface area (TPSA) is 114 Å². The van der Waals surface area contributed by atoms with Gasteiger partial charge in [-0.1, -0.05) is 0 Å². The average molecular weight is 372 g/mol. The molecule has 1 aliphatic rings. The highest BCUT2D eigenvalue weighted by atomic mass is 16.6. The van der Waals surface area contributed by atoms with E-state index in [1.54, 1.807) is 0 Å². The Balaban J connectivity index is 1.83. The van der Waals surface area contributed by atoms with Gasteiger partial charge in [-0.25, -0.2) is 0 Å². The minimum atomic E-state index is -1.22. The van der Waals surface area contributed by atoms with Crippen LogP contribution in [-0.4, -0.2) is 83.4 Å². The van der Waals surface area contributed by atoms with Crippen LogP contribution in [0.15, 0.2) is 0 Å². The normalized spacial score (nSPS) is 14.1. The molecule has 1 rings (SSSR count). The Morgan fingerprint density at radius 2 is 1.27 bits per heavy atom. The van der Waals surface area contributed by atoms with Crippen LogP contribution in [0.4, 0.5) is 0 Å². The lowest BCUT2D eigenvalue weighted by Crippen LogP contribution is -2.34. The number of hydrogen-bond donors (Lipinski definition) is 0. The van der Waals surface area contributed by atoms with Gasteiger partial charge in [0.2, 0.25) is 0 Å². The van der Waals surface area contributed by atoms with Gasteiger partial charge in [-0.15, -0.1) is 0 Å². The van der Waals surface area contributed by atoms with Gasteiger partial charge in [-0.2, -0.15) is 0 Å². The highest BCUT2D eigenvalue weighted by molar-refractivity contribution is 7.09. The lowest BCUT2D eigenvalue weighted by atomic mass is 9.64. The summed E-state index contributed by atoms with van der Waals surface area (Å²) >= 11 is 0. The van der Waals surface area contributed by atoms with Gasteiger partial charge in [-0.05, 0) is 0 Å². The molecule has 0 bridgehead atoms. The van der Waals surface area contributed by atoms with E-state index < -0.39 is 12.9 Å². The average Bonchev–Trinajstić information content (AvgIpc) is 2.94. The van der Waals surface area contributed by atoms with Crippen LogP contribution < -0.4 is 0 Å². The maximum absolute atomic E-state index is 11.5. The molecule has 1 aliphatic heterocycles. The SMILES string of the molecule is O=CCCOCCOCCOCCOCCC(=O)OB1C(=O)CCC1=O. The second-order valence-electron chi connectivity index (χ2n) is 5.46. The second-order valence-corrected chi connectivity index (χ2v) is 5.46. The molecular formula is C16H25BO9. The van der Waals surface area contributed by atoms with Crippen LogP contribution in [0.1, 0.15) is 25.7 Å². The first kappa shape index (κ1) is 22.4. The molecule has 0 aliphatic carbocycles. The van der Waals surface area contributed by atoms with Crippen LogP contribution in [0.2, 0.25) is 0 Å². The Morgan fingerprint density at radius 3 is 1.77 bits per heavy atom. The number of hydrogen-bond acceptors (Lipinski definition) is 9. The minimum Gasteiger partial charge on any atom is -0.521 e. The molecule has 0 amide bonds. The van der Waals surface area contributed by atoms with Crippen molar-refractivity contribution in [3.8, 4) is 0 Å². The molecule has 0 aromatic heterocycles. The largest absolute Gasteiger partial charge is 0.521 e. The molecule has 1 fully saturated rings. The van der Waals surface area contributed by atoms with Gasteiger partial charge in [0.05, 0.1) is 59.3 Å². The molecule has 1 heterocycles. The smallest absolute Gasteiger partial charge is 0.503 e. The Labute approximate surface area is 152 Å². The number of ether oxygens (including phenoxy) is 4. The summed E-state index contributed by atoms with van der Waals surface area (Å²) in [6.45, 7) is 1.68. The van der Waals surface area contributed by atoms with Crippen molar-refractivity contribution in [2.75, 3.05) is 52.9 Å². The van der Waals surface area contributed by atoms with Crippen LogP contribution in [0.25, 0.3) is 0 Å². The lowest BCUT2D eigenvalue weighted by Gasteiger charge is -2.08. The number of aldehydes is 1. The highest BCUT2D eigenvalue weighted by Crippen LogP contribution is 2.11. The summed E-state index contributed by atoms with van der Waals surface area (Å²) in [4.78, 5) is 44.3. The maximum atomic E-state index is 11.5. The van der Waals surface area contributed by atoms with Crippen molar-refractivity contribution in [3.05, 3.63) is 0 Å². The minimum absolute atomic E-state index is 0.0235. The zero-order valence-electron chi connectivity index (χ0n) is 14.8. The first-order chi connectivity index (χ1) is 12.6. The van der Waals surface area contributed by atoms with E-state index in [1.807, 2.05) is 0 Å². The third-order valence-electron chi connectivity index (χ3n) is 3.40. The molecule has 0 radical (unpaired) electrons. The Bertz CT molecular complexity index is 439. The molecule has 146 valence electrons. The monoisotopic (exact) mass is 372 g/mol. The van der Waals surface area contributed by atoms with Gasteiger partial charge in [0.25, 0.3) is 5.97 Å². The fraction of sp³-hybridized carbons (Fsp3) is 0.750. The van der Waals surface area contributed by atoms with Gasteiger partial charge in [0.15, 0.2) is 11.4 Å². The van der Waals surface area contributed by atoms with E-state index in [0.717, 1.165) is 6.29 Å². The number of rotatable bonds is 16. The summed E-state index contributed by atoms with van der Waals surface area (Å²) in [5.41, 5.74) is -0.681. The zero-order chi connectivity index (χ0) is 19.0. The second kappa shape index (κ2) is 14.5. The van der Waals surface area contributed by atoms with Crippen LogP contribution in [0.3, 0.4) is 0 Å². The molecule has 9 nitrogen and oxygen atoms in total. The Kier molecular flexibility index (Phi) is 12.5. The van der Waals surface area contributed by atoms with Crippen LogP contribution in [0.5, 0.6) is 0 Å². The fourth-order valence-corrected chi connectivity index (χ4v) is 2.06. The van der Waals surface area contributed by atoms with Crippen LogP contribution in [0, 0.1) is 0 Å². The maximum Gasteiger partial charge on any atom is 0.503 e. The molecule has 10 heteroatoms. The summed E-state index contributed by atoms with van der Waals surface area (Å²) < 4.78 is 25.7. The van der Waals surface area contributed by atoms with E-state index in [0.29, 0.717) is 52.7 Å². The third-order valence-corrected chi connectivity index (χ3v) is 3.40. The van der Waals surface area contributed by atoms with Crippen LogP contribution in [-0.2, 0) is 42.8 Å². The summed E-state index contributed by atoms with van der Waals surface area (Å²) in [6, 6.07) is 0. The van der Waals surface area contributed by atoms with Gasteiger partial charge in [0.1, 0.15) is 6.29 Å². The predicted octanol–water partition coefficient (Wildman–Crippen LogP) is -0.423. The molecule has 0 atom stereocenters. The first-order valence-corrected chi connectivity index (χ1v) is 8.64. The Morgan fingerprint density at radius 1 is 0.808 bits per heavy atom. The molecule has 0 saturated carbocycles.